The summed E-state index contributed by atoms with van der Waals surface area (Å²) >= 11 is 0. The summed E-state index contributed by atoms with van der Waals surface area (Å²) in [6, 6.07) is 8.31. The van der Waals surface area contributed by atoms with Gasteiger partial charge in [-0.05, 0) is 37.5 Å². The highest BCUT2D eigenvalue weighted by molar-refractivity contribution is 5.27. The number of hydrogen-bond donors (Lipinski definition) is 1. The van der Waals surface area contributed by atoms with Gasteiger partial charge in [0.05, 0.1) is 12.8 Å². The molecule has 0 saturated carbocycles. The topological polar surface area (TPSA) is 39.1 Å². The largest absolute Gasteiger partial charge is 0.493 e. The van der Waals surface area contributed by atoms with Gasteiger partial charge in [0, 0.05) is 30.9 Å². The molecule has 0 amide bonds. The Morgan fingerprint density at radius 2 is 1.91 bits per heavy atom. The minimum atomic E-state index is 0.550. The van der Waals surface area contributed by atoms with Crippen molar-refractivity contribution in [2.24, 2.45) is 5.92 Å². The SMILES string of the molecule is CCn1ncc(CNCc2ccc(OCC(C)C)cc2)c1C. The van der Waals surface area contributed by atoms with E-state index in [1.54, 1.807) is 0 Å². The standard InChI is InChI=1S/C18H27N3O/c1-5-21-15(4)17(12-20-21)11-19-10-16-6-8-18(9-7-16)22-13-14(2)3/h6-9,12,14,19H,5,10-11,13H2,1-4H3. The summed E-state index contributed by atoms with van der Waals surface area (Å²) in [4.78, 5) is 0. The summed E-state index contributed by atoms with van der Waals surface area (Å²) in [5, 5.41) is 7.84. The molecule has 2 aromatic rings. The average molecular weight is 301 g/mol. The lowest BCUT2D eigenvalue weighted by Gasteiger charge is -2.10. The Labute approximate surface area is 133 Å². The zero-order valence-electron chi connectivity index (χ0n) is 14.1. The maximum Gasteiger partial charge on any atom is 0.119 e. The number of rotatable bonds is 8. The molecule has 0 radical (unpaired) electrons. The molecule has 1 aromatic carbocycles. The molecule has 1 N–H and O–H groups in total. The van der Waals surface area contributed by atoms with Gasteiger partial charge in [0.25, 0.3) is 0 Å². The minimum Gasteiger partial charge on any atom is -0.493 e. The highest BCUT2D eigenvalue weighted by Crippen LogP contribution is 2.13. The van der Waals surface area contributed by atoms with E-state index in [1.165, 1.54) is 16.8 Å². The molecule has 1 aromatic heterocycles. The van der Waals surface area contributed by atoms with Gasteiger partial charge in [-0.1, -0.05) is 26.0 Å². The molecular formula is C18H27N3O. The Hall–Kier alpha value is -1.81. The molecule has 22 heavy (non-hydrogen) atoms. The molecule has 120 valence electrons. The molecule has 4 nitrogen and oxygen atoms in total. The molecule has 1 heterocycles. The quantitative estimate of drug-likeness (QED) is 0.810. The van der Waals surface area contributed by atoms with Gasteiger partial charge in [-0.15, -0.1) is 0 Å². The predicted molar refractivity (Wildman–Crippen MR) is 90.0 cm³/mol. The Kier molecular flexibility index (Phi) is 6.01. The Morgan fingerprint density at radius 3 is 2.50 bits per heavy atom. The number of benzene rings is 1. The van der Waals surface area contributed by atoms with Gasteiger partial charge < -0.3 is 10.1 Å². The van der Waals surface area contributed by atoms with E-state index in [-0.39, 0.29) is 0 Å². The highest BCUT2D eigenvalue weighted by atomic mass is 16.5. The van der Waals surface area contributed by atoms with Crippen LogP contribution in [-0.4, -0.2) is 16.4 Å². The van der Waals surface area contributed by atoms with Crippen molar-refractivity contribution in [3.63, 3.8) is 0 Å². The minimum absolute atomic E-state index is 0.550. The molecule has 0 unspecified atom stereocenters. The summed E-state index contributed by atoms with van der Waals surface area (Å²) in [5.41, 5.74) is 3.77. The van der Waals surface area contributed by atoms with Crippen molar-refractivity contribution in [2.45, 2.75) is 47.3 Å². The lowest BCUT2D eigenvalue weighted by atomic mass is 10.2. The molecule has 2 rings (SSSR count). The van der Waals surface area contributed by atoms with E-state index < -0.39 is 0 Å². The van der Waals surface area contributed by atoms with Gasteiger partial charge >= 0.3 is 0 Å². The molecule has 0 aliphatic carbocycles. The molecule has 4 heteroatoms. The first-order chi connectivity index (χ1) is 10.6. The van der Waals surface area contributed by atoms with Gasteiger partial charge in [-0.25, -0.2) is 0 Å². The van der Waals surface area contributed by atoms with Crippen molar-refractivity contribution in [2.75, 3.05) is 6.61 Å². The number of hydrogen-bond acceptors (Lipinski definition) is 3. The summed E-state index contributed by atoms with van der Waals surface area (Å²) in [6.07, 6.45) is 1.95. The fourth-order valence-corrected chi connectivity index (χ4v) is 2.29. The van der Waals surface area contributed by atoms with E-state index >= 15 is 0 Å². The van der Waals surface area contributed by atoms with Crippen LogP contribution in [0.4, 0.5) is 0 Å². The molecule has 0 aliphatic rings. The van der Waals surface area contributed by atoms with E-state index in [4.69, 9.17) is 4.74 Å². The summed E-state index contributed by atoms with van der Waals surface area (Å²) in [7, 11) is 0. The third-order valence-electron chi connectivity index (χ3n) is 3.66. The Bertz CT molecular complexity index is 573. The third kappa shape index (κ3) is 4.60. The molecule has 0 aliphatic heterocycles. The fourth-order valence-electron chi connectivity index (χ4n) is 2.29. The van der Waals surface area contributed by atoms with Gasteiger partial charge in [-0.3, -0.25) is 4.68 Å². The van der Waals surface area contributed by atoms with Gasteiger partial charge in [-0.2, -0.15) is 5.10 Å². The third-order valence-corrected chi connectivity index (χ3v) is 3.66. The lowest BCUT2D eigenvalue weighted by molar-refractivity contribution is 0.271. The Balaban J connectivity index is 1.80. The predicted octanol–water partition coefficient (Wildman–Crippen LogP) is 3.54. The van der Waals surface area contributed by atoms with Crippen LogP contribution in [0.25, 0.3) is 0 Å². The summed E-state index contributed by atoms with van der Waals surface area (Å²) in [6.45, 7) is 11.9. The van der Waals surface area contributed by atoms with Crippen molar-refractivity contribution < 1.29 is 4.74 Å². The fraction of sp³-hybridized carbons (Fsp3) is 0.500. The van der Waals surface area contributed by atoms with Crippen molar-refractivity contribution in [3.8, 4) is 5.75 Å². The molecule has 0 saturated heterocycles. The molecule has 0 atom stereocenters. The number of aromatic nitrogens is 2. The number of ether oxygens (including phenoxy) is 1. The van der Waals surface area contributed by atoms with Crippen LogP contribution in [0.3, 0.4) is 0 Å². The van der Waals surface area contributed by atoms with Crippen LogP contribution >= 0.6 is 0 Å². The van der Waals surface area contributed by atoms with Gasteiger partial charge in [0.15, 0.2) is 0 Å². The van der Waals surface area contributed by atoms with E-state index in [2.05, 4.69) is 50.2 Å². The first-order valence-electron chi connectivity index (χ1n) is 8.04. The van der Waals surface area contributed by atoms with Crippen molar-refractivity contribution in [3.05, 3.63) is 47.3 Å². The molecular weight excluding hydrogens is 274 g/mol. The summed E-state index contributed by atoms with van der Waals surface area (Å²) in [5.74, 6) is 1.49. The number of nitrogens with one attached hydrogen (secondary N) is 1. The first-order valence-corrected chi connectivity index (χ1v) is 8.04. The summed E-state index contributed by atoms with van der Waals surface area (Å²) < 4.78 is 7.72. The zero-order chi connectivity index (χ0) is 15.9. The smallest absolute Gasteiger partial charge is 0.119 e. The van der Waals surface area contributed by atoms with Crippen molar-refractivity contribution >= 4 is 0 Å². The average Bonchev–Trinajstić information content (AvgIpc) is 2.87. The number of aryl methyl sites for hydroxylation is 1. The van der Waals surface area contributed by atoms with Crippen LogP contribution in [0.5, 0.6) is 5.75 Å². The van der Waals surface area contributed by atoms with E-state index in [1.807, 2.05) is 23.0 Å². The van der Waals surface area contributed by atoms with Crippen LogP contribution in [0.15, 0.2) is 30.5 Å². The zero-order valence-corrected chi connectivity index (χ0v) is 14.1. The molecule has 0 spiro atoms. The first kappa shape index (κ1) is 16.6. The van der Waals surface area contributed by atoms with Gasteiger partial charge in [0.2, 0.25) is 0 Å². The van der Waals surface area contributed by atoms with E-state index in [0.717, 1.165) is 32.0 Å². The Morgan fingerprint density at radius 1 is 1.18 bits per heavy atom. The number of nitrogens with zero attached hydrogens (tertiary/aromatic N) is 2. The van der Waals surface area contributed by atoms with Crippen LogP contribution in [-0.2, 0) is 19.6 Å². The second kappa shape index (κ2) is 7.99. The maximum absolute atomic E-state index is 5.70. The van der Waals surface area contributed by atoms with Gasteiger partial charge in [0.1, 0.15) is 5.75 Å². The maximum atomic E-state index is 5.70. The van der Waals surface area contributed by atoms with Crippen LogP contribution in [0, 0.1) is 12.8 Å². The molecule has 0 fully saturated rings. The van der Waals surface area contributed by atoms with Crippen molar-refractivity contribution in [1.82, 2.24) is 15.1 Å². The van der Waals surface area contributed by atoms with Crippen LogP contribution in [0.1, 0.15) is 37.6 Å². The second-order valence-corrected chi connectivity index (χ2v) is 6.02. The highest BCUT2D eigenvalue weighted by Gasteiger charge is 2.04. The van der Waals surface area contributed by atoms with Crippen LogP contribution in [0.2, 0.25) is 0 Å². The van der Waals surface area contributed by atoms with E-state index in [0.29, 0.717) is 5.92 Å². The van der Waals surface area contributed by atoms with E-state index in [9.17, 15) is 0 Å². The monoisotopic (exact) mass is 301 g/mol. The van der Waals surface area contributed by atoms with Crippen LogP contribution < -0.4 is 10.1 Å². The lowest BCUT2D eigenvalue weighted by Crippen LogP contribution is -2.13. The molecule has 0 bridgehead atoms. The van der Waals surface area contributed by atoms with Crippen molar-refractivity contribution in [1.29, 1.82) is 0 Å². The normalized spacial score (nSPS) is 11.1. The second-order valence-electron chi connectivity index (χ2n) is 6.02.